The molecule has 0 aliphatic heterocycles. The van der Waals surface area contributed by atoms with Gasteiger partial charge in [0.15, 0.2) is 0 Å². The third kappa shape index (κ3) is 3.40. The molecule has 1 atom stereocenters. The van der Waals surface area contributed by atoms with Crippen molar-refractivity contribution >= 4 is 15.9 Å². The molecule has 112 valence electrons. The van der Waals surface area contributed by atoms with Crippen LogP contribution in [0, 0.1) is 23.5 Å². The van der Waals surface area contributed by atoms with E-state index in [0.29, 0.717) is 0 Å². The summed E-state index contributed by atoms with van der Waals surface area (Å²) < 4.78 is 28.3. The van der Waals surface area contributed by atoms with Gasteiger partial charge < -0.3 is 5.73 Å². The van der Waals surface area contributed by atoms with Gasteiger partial charge in [-0.25, -0.2) is 8.78 Å². The van der Waals surface area contributed by atoms with Gasteiger partial charge in [0.25, 0.3) is 0 Å². The summed E-state index contributed by atoms with van der Waals surface area (Å²) in [6, 6.07) is 2.12. The van der Waals surface area contributed by atoms with E-state index in [4.69, 9.17) is 5.73 Å². The second-order valence-corrected chi connectivity index (χ2v) is 6.71. The molecule has 1 unspecified atom stereocenters. The van der Waals surface area contributed by atoms with E-state index in [1.807, 2.05) is 0 Å². The number of nitrogens with two attached hydrogens (primary N) is 1. The lowest BCUT2D eigenvalue weighted by Gasteiger charge is -2.32. The van der Waals surface area contributed by atoms with Gasteiger partial charge in [-0.2, -0.15) is 0 Å². The van der Waals surface area contributed by atoms with Crippen LogP contribution in [-0.4, -0.2) is 0 Å². The van der Waals surface area contributed by atoms with Gasteiger partial charge in [0.05, 0.1) is 4.47 Å². The van der Waals surface area contributed by atoms with Crippen LogP contribution in [-0.2, 0) is 0 Å². The van der Waals surface area contributed by atoms with E-state index in [9.17, 15) is 8.78 Å². The second kappa shape index (κ2) is 6.99. The van der Waals surface area contributed by atoms with E-state index in [2.05, 4.69) is 22.9 Å². The minimum absolute atomic E-state index is 0.0401. The summed E-state index contributed by atoms with van der Waals surface area (Å²) in [6.07, 6.45) is 6.65. The first-order valence-electron chi connectivity index (χ1n) is 7.43. The van der Waals surface area contributed by atoms with Gasteiger partial charge in [-0.1, -0.05) is 32.6 Å². The van der Waals surface area contributed by atoms with Gasteiger partial charge in [-0.05, 0) is 52.7 Å². The van der Waals surface area contributed by atoms with Gasteiger partial charge in [-0.3, -0.25) is 0 Å². The Labute approximate surface area is 128 Å². The fourth-order valence-electron chi connectivity index (χ4n) is 3.33. The van der Waals surface area contributed by atoms with E-state index in [0.717, 1.165) is 31.6 Å². The van der Waals surface area contributed by atoms with Crippen molar-refractivity contribution in [3.63, 3.8) is 0 Å². The lowest BCUT2D eigenvalue weighted by Crippen LogP contribution is -2.27. The molecule has 2 rings (SSSR count). The zero-order valence-electron chi connectivity index (χ0n) is 11.8. The number of hydrogen-bond donors (Lipinski definition) is 1. The van der Waals surface area contributed by atoms with Crippen molar-refractivity contribution < 1.29 is 8.78 Å². The Hall–Kier alpha value is -0.480. The van der Waals surface area contributed by atoms with Crippen molar-refractivity contribution in [3.8, 4) is 0 Å². The van der Waals surface area contributed by atoms with Crippen molar-refractivity contribution in [3.05, 3.63) is 33.8 Å². The Morgan fingerprint density at radius 3 is 2.50 bits per heavy atom. The maximum Gasteiger partial charge on any atom is 0.145 e. The fraction of sp³-hybridized carbons (Fsp3) is 0.625. The average Bonchev–Trinajstić information content (AvgIpc) is 2.44. The lowest BCUT2D eigenvalue weighted by molar-refractivity contribution is 0.230. The SMILES string of the molecule is CCCC1CCC(C(N)c2c(F)ccc(Br)c2F)CC1. The van der Waals surface area contributed by atoms with Crippen LogP contribution in [0.25, 0.3) is 0 Å². The first-order valence-corrected chi connectivity index (χ1v) is 8.22. The number of benzene rings is 1. The van der Waals surface area contributed by atoms with E-state index in [1.165, 1.54) is 25.0 Å². The Kier molecular flexibility index (Phi) is 5.56. The molecule has 0 radical (unpaired) electrons. The van der Waals surface area contributed by atoms with E-state index in [-0.39, 0.29) is 16.0 Å². The van der Waals surface area contributed by atoms with Crippen LogP contribution >= 0.6 is 15.9 Å². The largest absolute Gasteiger partial charge is 0.324 e. The minimum atomic E-state index is -0.548. The van der Waals surface area contributed by atoms with Crippen molar-refractivity contribution in [2.24, 2.45) is 17.6 Å². The minimum Gasteiger partial charge on any atom is -0.324 e. The first kappa shape index (κ1) is 15.9. The third-order valence-electron chi connectivity index (χ3n) is 4.51. The van der Waals surface area contributed by atoms with Crippen molar-refractivity contribution in [2.75, 3.05) is 0 Å². The Morgan fingerprint density at radius 2 is 1.90 bits per heavy atom. The highest BCUT2D eigenvalue weighted by atomic mass is 79.9. The van der Waals surface area contributed by atoms with Crippen LogP contribution in [0.5, 0.6) is 0 Å². The number of halogens is 3. The van der Waals surface area contributed by atoms with Crippen LogP contribution in [0.4, 0.5) is 8.78 Å². The van der Waals surface area contributed by atoms with Crippen LogP contribution < -0.4 is 5.73 Å². The molecule has 1 aromatic rings. The maximum absolute atomic E-state index is 14.1. The molecule has 20 heavy (non-hydrogen) atoms. The summed E-state index contributed by atoms with van der Waals surface area (Å²) in [6.45, 7) is 2.20. The topological polar surface area (TPSA) is 26.0 Å². The standard InChI is InChI=1S/C16H22BrF2N/c1-2-3-10-4-6-11(7-5-10)16(20)14-13(18)9-8-12(17)15(14)19/h8-11,16H,2-7,20H2,1H3. The van der Waals surface area contributed by atoms with E-state index < -0.39 is 17.7 Å². The summed E-state index contributed by atoms with van der Waals surface area (Å²) in [7, 11) is 0. The Bertz CT molecular complexity index is 456. The maximum atomic E-state index is 14.1. The Balaban J connectivity index is 2.09. The second-order valence-electron chi connectivity index (χ2n) is 5.85. The van der Waals surface area contributed by atoms with Crippen LogP contribution in [0.2, 0.25) is 0 Å². The molecule has 4 heteroatoms. The molecular weight excluding hydrogens is 324 g/mol. The van der Waals surface area contributed by atoms with Crippen molar-refractivity contribution in [1.82, 2.24) is 0 Å². The van der Waals surface area contributed by atoms with Crippen molar-refractivity contribution in [2.45, 2.75) is 51.5 Å². The zero-order valence-corrected chi connectivity index (χ0v) is 13.4. The molecule has 1 aromatic carbocycles. The normalized spacial score (nSPS) is 24.6. The highest BCUT2D eigenvalue weighted by Gasteiger charge is 2.29. The summed E-state index contributed by atoms with van der Waals surface area (Å²) in [5.41, 5.74) is 6.20. The highest BCUT2D eigenvalue weighted by Crippen LogP contribution is 2.39. The molecule has 0 saturated heterocycles. The van der Waals surface area contributed by atoms with Crippen LogP contribution in [0.15, 0.2) is 16.6 Å². The fourth-order valence-corrected chi connectivity index (χ4v) is 3.67. The first-order chi connectivity index (χ1) is 9.54. The molecule has 1 aliphatic rings. The quantitative estimate of drug-likeness (QED) is 0.733. The van der Waals surface area contributed by atoms with Crippen LogP contribution in [0.3, 0.4) is 0 Å². The lowest BCUT2D eigenvalue weighted by atomic mass is 9.75. The molecule has 1 saturated carbocycles. The molecule has 1 fully saturated rings. The summed E-state index contributed by atoms with van der Waals surface area (Å²) in [5, 5.41) is 0. The number of rotatable bonds is 4. The third-order valence-corrected chi connectivity index (χ3v) is 5.12. The molecule has 0 amide bonds. The average molecular weight is 346 g/mol. The van der Waals surface area contributed by atoms with Crippen molar-refractivity contribution in [1.29, 1.82) is 0 Å². The molecule has 1 aliphatic carbocycles. The Morgan fingerprint density at radius 1 is 1.25 bits per heavy atom. The van der Waals surface area contributed by atoms with Gasteiger partial charge in [0.1, 0.15) is 11.6 Å². The van der Waals surface area contributed by atoms with E-state index in [1.54, 1.807) is 0 Å². The predicted molar refractivity (Wildman–Crippen MR) is 81.3 cm³/mol. The molecule has 0 heterocycles. The van der Waals surface area contributed by atoms with Gasteiger partial charge >= 0.3 is 0 Å². The summed E-state index contributed by atoms with van der Waals surface area (Å²) in [4.78, 5) is 0. The molecule has 1 nitrogen and oxygen atoms in total. The van der Waals surface area contributed by atoms with Gasteiger partial charge in [0.2, 0.25) is 0 Å². The van der Waals surface area contributed by atoms with Crippen LogP contribution in [0.1, 0.15) is 57.1 Å². The molecule has 0 spiro atoms. The zero-order chi connectivity index (χ0) is 14.7. The molecule has 0 bridgehead atoms. The summed E-state index contributed by atoms with van der Waals surface area (Å²) in [5.74, 6) is -0.135. The van der Waals surface area contributed by atoms with E-state index >= 15 is 0 Å². The molecule has 0 aromatic heterocycles. The molecule has 2 N–H and O–H groups in total. The monoisotopic (exact) mass is 345 g/mol. The summed E-state index contributed by atoms with van der Waals surface area (Å²) >= 11 is 3.11. The number of hydrogen-bond acceptors (Lipinski definition) is 1. The predicted octanol–water partition coefficient (Wildman–Crippen LogP) is 5.33. The smallest absolute Gasteiger partial charge is 0.145 e. The molecular formula is C16H22BrF2N. The van der Waals surface area contributed by atoms with Gasteiger partial charge in [-0.15, -0.1) is 0 Å². The highest BCUT2D eigenvalue weighted by molar-refractivity contribution is 9.10. The van der Waals surface area contributed by atoms with Gasteiger partial charge in [0, 0.05) is 11.6 Å².